The fourth-order valence-corrected chi connectivity index (χ4v) is 3.25. The molecule has 98 valence electrons. The number of nitriles is 1. The zero-order chi connectivity index (χ0) is 13.5. The molecule has 0 aliphatic heterocycles. The SMILES string of the molecule is CCc1ccccc1Nc1nnc(SCCC#N)s1. The molecule has 1 N–H and O–H groups in total. The van der Waals surface area contributed by atoms with Crippen LogP contribution in [0.15, 0.2) is 28.6 Å². The van der Waals surface area contributed by atoms with Crippen LogP contribution in [0.2, 0.25) is 0 Å². The number of hydrogen-bond donors (Lipinski definition) is 1. The largest absolute Gasteiger partial charge is 0.330 e. The van der Waals surface area contributed by atoms with Gasteiger partial charge in [0.15, 0.2) is 4.34 Å². The standard InChI is InChI=1S/C13H14N4S2/c1-2-10-6-3-4-7-11(10)15-12-16-17-13(19-12)18-9-5-8-14/h3-4,6-7H,2,5,9H2,1H3,(H,15,16). The van der Waals surface area contributed by atoms with E-state index >= 15 is 0 Å². The third-order valence-electron chi connectivity index (χ3n) is 2.49. The van der Waals surface area contributed by atoms with E-state index in [9.17, 15) is 0 Å². The van der Waals surface area contributed by atoms with Gasteiger partial charge in [-0.1, -0.05) is 48.2 Å². The van der Waals surface area contributed by atoms with E-state index in [0.29, 0.717) is 6.42 Å². The van der Waals surface area contributed by atoms with Gasteiger partial charge in [0, 0.05) is 17.9 Å². The van der Waals surface area contributed by atoms with Crippen molar-refractivity contribution in [1.29, 1.82) is 5.26 Å². The number of nitrogens with zero attached hydrogens (tertiary/aromatic N) is 3. The van der Waals surface area contributed by atoms with E-state index in [1.165, 1.54) is 16.9 Å². The summed E-state index contributed by atoms with van der Waals surface area (Å²) in [7, 11) is 0. The Bertz CT molecular complexity index is 574. The molecule has 0 saturated heterocycles. The van der Waals surface area contributed by atoms with Crippen molar-refractivity contribution in [2.24, 2.45) is 0 Å². The second-order valence-corrected chi connectivity index (χ2v) is 6.08. The lowest BCUT2D eigenvalue weighted by Crippen LogP contribution is -1.94. The first-order valence-electron chi connectivity index (χ1n) is 6.01. The Morgan fingerprint density at radius 1 is 1.37 bits per heavy atom. The van der Waals surface area contributed by atoms with E-state index < -0.39 is 0 Å². The zero-order valence-electron chi connectivity index (χ0n) is 10.6. The molecule has 0 amide bonds. The van der Waals surface area contributed by atoms with E-state index in [1.54, 1.807) is 11.8 Å². The topological polar surface area (TPSA) is 61.6 Å². The smallest absolute Gasteiger partial charge is 0.210 e. The number of thioether (sulfide) groups is 1. The van der Waals surface area contributed by atoms with Crippen LogP contribution in [0.25, 0.3) is 0 Å². The molecular formula is C13H14N4S2. The molecule has 2 aromatic rings. The second-order valence-electron chi connectivity index (χ2n) is 3.77. The molecule has 0 fully saturated rings. The van der Waals surface area contributed by atoms with Crippen LogP contribution in [0.5, 0.6) is 0 Å². The molecule has 2 rings (SSSR count). The average Bonchev–Trinajstić information content (AvgIpc) is 2.87. The Labute approximate surface area is 120 Å². The molecule has 0 atom stereocenters. The summed E-state index contributed by atoms with van der Waals surface area (Å²) in [6, 6.07) is 10.3. The molecule has 0 bridgehead atoms. The highest BCUT2D eigenvalue weighted by Crippen LogP contribution is 2.29. The molecule has 0 radical (unpaired) electrons. The van der Waals surface area contributed by atoms with Crippen molar-refractivity contribution in [3.63, 3.8) is 0 Å². The molecule has 0 saturated carbocycles. The van der Waals surface area contributed by atoms with Crippen LogP contribution in [0.3, 0.4) is 0 Å². The Morgan fingerprint density at radius 2 is 2.21 bits per heavy atom. The summed E-state index contributed by atoms with van der Waals surface area (Å²) >= 11 is 3.09. The molecule has 0 unspecified atom stereocenters. The summed E-state index contributed by atoms with van der Waals surface area (Å²) in [6.07, 6.45) is 1.51. The van der Waals surface area contributed by atoms with Crippen molar-refractivity contribution >= 4 is 33.9 Å². The van der Waals surface area contributed by atoms with Gasteiger partial charge in [-0.15, -0.1) is 10.2 Å². The molecule has 1 aromatic carbocycles. The minimum Gasteiger partial charge on any atom is -0.330 e. The van der Waals surface area contributed by atoms with Crippen molar-refractivity contribution in [3.05, 3.63) is 29.8 Å². The third kappa shape index (κ3) is 3.94. The van der Waals surface area contributed by atoms with Crippen molar-refractivity contribution in [2.45, 2.75) is 24.1 Å². The predicted molar refractivity (Wildman–Crippen MR) is 80.0 cm³/mol. The third-order valence-corrected chi connectivity index (χ3v) is 4.46. The minimum absolute atomic E-state index is 0.533. The Kier molecular flexibility index (Phi) is 5.19. The van der Waals surface area contributed by atoms with Gasteiger partial charge in [0.2, 0.25) is 5.13 Å². The fraction of sp³-hybridized carbons (Fsp3) is 0.308. The number of aryl methyl sites for hydroxylation is 1. The summed E-state index contributed by atoms with van der Waals surface area (Å²) in [5, 5.41) is 20.8. The van der Waals surface area contributed by atoms with E-state index in [-0.39, 0.29) is 0 Å². The fourth-order valence-electron chi connectivity index (χ4n) is 1.57. The van der Waals surface area contributed by atoms with Gasteiger partial charge in [-0.3, -0.25) is 0 Å². The number of anilines is 2. The molecule has 1 aromatic heterocycles. The van der Waals surface area contributed by atoms with E-state index in [2.05, 4.69) is 34.6 Å². The molecule has 6 heteroatoms. The van der Waals surface area contributed by atoms with Gasteiger partial charge >= 0.3 is 0 Å². The van der Waals surface area contributed by atoms with E-state index in [1.807, 2.05) is 18.2 Å². The molecule has 0 aliphatic rings. The van der Waals surface area contributed by atoms with Gasteiger partial charge in [0.05, 0.1) is 6.07 Å². The summed E-state index contributed by atoms with van der Waals surface area (Å²) in [5.41, 5.74) is 2.34. The average molecular weight is 290 g/mol. The first-order chi connectivity index (χ1) is 9.33. The van der Waals surface area contributed by atoms with Crippen LogP contribution in [0, 0.1) is 11.3 Å². The van der Waals surface area contributed by atoms with Gasteiger partial charge in [0.1, 0.15) is 0 Å². The minimum atomic E-state index is 0.533. The molecule has 0 spiro atoms. The summed E-state index contributed by atoms with van der Waals surface area (Å²) in [5.74, 6) is 0.761. The van der Waals surface area contributed by atoms with E-state index in [0.717, 1.165) is 27.3 Å². The quantitative estimate of drug-likeness (QED) is 0.646. The number of aromatic nitrogens is 2. The summed E-state index contributed by atoms with van der Waals surface area (Å²) < 4.78 is 0.895. The lowest BCUT2D eigenvalue weighted by molar-refractivity contribution is 1.01. The number of para-hydroxylation sites is 1. The van der Waals surface area contributed by atoms with Gasteiger partial charge in [0.25, 0.3) is 0 Å². The summed E-state index contributed by atoms with van der Waals surface area (Å²) in [6.45, 7) is 2.13. The maximum Gasteiger partial charge on any atom is 0.210 e. The first kappa shape index (κ1) is 13.8. The van der Waals surface area contributed by atoms with E-state index in [4.69, 9.17) is 5.26 Å². The first-order valence-corrected chi connectivity index (χ1v) is 7.82. The van der Waals surface area contributed by atoms with Crippen LogP contribution in [0.1, 0.15) is 18.9 Å². The molecular weight excluding hydrogens is 276 g/mol. The van der Waals surface area contributed by atoms with Gasteiger partial charge in [-0.05, 0) is 18.1 Å². The maximum absolute atomic E-state index is 8.49. The maximum atomic E-state index is 8.49. The van der Waals surface area contributed by atoms with Crippen LogP contribution >= 0.6 is 23.1 Å². The molecule has 4 nitrogen and oxygen atoms in total. The lowest BCUT2D eigenvalue weighted by atomic mass is 10.1. The van der Waals surface area contributed by atoms with Crippen molar-refractivity contribution in [1.82, 2.24) is 10.2 Å². The van der Waals surface area contributed by atoms with Gasteiger partial charge < -0.3 is 5.32 Å². The van der Waals surface area contributed by atoms with Crippen LogP contribution in [-0.2, 0) is 6.42 Å². The molecule has 1 heterocycles. The number of nitrogens with one attached hydrogen (secondary N) is 1. The Balaban J connectivity index is 2.01. The summed E-state index contributed by atoms with van der Waals surface area (Å²) in [4.78, 5) is 0. The monoisotopic (exact) mass is 290 g/mol. The lowest BCUT2D eigenvalue weighted by Gasteiger charge is -2.06. The Morgan fingerprint density at radius 3 is 3.00 bits per heavy atom. The molecule has 19 heavy (non-hydrogen) atoms. The van der Waals surface area contributed by atoms with Crippen LogP contribution in [-0.4, -0.2) is 16.0 Å². The number of hydrogen-bond acceptors (Lipinski definition) is 6. The molecule has 0 aliphatic carbocycles. The van der Waals surface area contributed by atoms with Gasteiger partial charge in [-0.2, -0.15) is 5.26 Å². The van der Waals surface area contributed by atoms with Crippen molar-refractivity contribution < 1.29 is 0 Å². The normalized spacial score (nSPS) is 10.1. The highest BCUT2D eigenvalue weighted by molar-refractivity contribution is 8.01. The van der Waals surface area contributed by atoms with Crippen molar-refractivity contribution in [3.8, 4) is 6.07 Å². The zero-order valence-corrected chi connectivity index (χ0v) is 12.2. The second kappa shape index (κ2) is 7.12. The van der Waals surface area contributed by atoms with Crippen molar-refractivity contribution in [2.75, 3.05) is 11.1 Å². The highest BCUT2D eigenvalue weighted by Gasteiger charge is 2.06. The highest BCUT2D eigenvalue weighted by atomic mass is 32.2. The van der Waals surface area contributed by atoms with Gasteiger partial charge in [-0.25, -0.2) is 0 Å². The van der Waals surface area contributed by atoms with Crippen LogP contribution < -0.4 is 5.32 Å². The predicted octanol–water partition coefficient (Wildman–Crippen LogP) is 3.85. The number of rotatable bonds is 6. The van der Waals surface area contributed by atoms with Crippen LogP contribution in [0.4, 0.5) is 10.8 Å². The Hall–Kier alpha value is -1.58. The number of benzene rings is 1.